The summed E-state index contributed by atoms with van der Waals surface area (Å²) in [5.74, 6) is 0.451. The Labute approximate surface area is 134 Å². The van der Waals surface area contributed by atoms with E-state index in [0.717, 1.165) is 25.9 Å². The van der Waals surface area contributed by atoms with E-state index in [9.17, 15) is 4.79 Å². The molecule has 1 amide bonds. The lowest BCUT2D eigenvalue weighted by Crippen LogP contribution is -2.41. The number of hydrogen-bond acceptors (Lipinski definition) is 3. The summed E-state index contributed by atoms with van der Waals surface area (Å²) in [6.45, 7) is 1.55. The first-order chi connectivity index (χ1) is 10.1. The molecule has 4 nitrogen and oxygen atoms in total. The van der Waals surface area contributed by atoms with Gasteiger partial charge in [0.1, 0.15) is 5.75 Å². The van der Waals surface area contributed by atoms with E-state index in [1.165, 1.54) is 6.42 Å². The van der Waals surface area contributed by atoms with Crippen molar-refractivity contribution in [2.24, 2.45) is 0 Å². The minimum Gasteiger partial charge on any atom is -0.482 e. The Morgan fingerprint density at radius 3 is 2.95 bits per heavy atom. The van der Waals surface area contributed by atoms with Gasteiger partial charge in [0.25, 0.3) is 5.91 Å². The molecule has 6 heteroatoms. The van der Waals surface area contributed by atoms with E-state index < -0.39 is 0 Å². The van der Waals surface area contributed by atoms with Crippen LogP contribution in [0.5, 0.6) is 5.75 Å². The second-order valence-corrected chi connectivity index (χ2v) is 6.47. The molecule has 0 aliphatic carbocycles. The first kappa shape index (κ1) is 14.9. The van der Waals surface area contributed by atoms with Crippen LogP contribution < -0.4 is 10.1 Å². The number of likely N-dealkylation sites (tertiary alicyclic amines) is 1. The maximum absolute atomic E-state index is 12.3. The average molecular weight is 329 g/mol. The van der Waals surface area contributed by atoms with Crippen LogP contribution in [0.4, 0.5) is 0 Å². The normalized spacial score (nSPS) is 24.8. The van der Waals surface area contributed by atoms with E-state index >= 15 is 0 Å². The molecule has 3 rings (SSSR count). The number of amides is 1. The number of nitrogens with zero attached hydrogens (tertiary/aromatic N) is 1. The second kappa shape index (κ2) is 6.42. The lowest BCUT2D eigenvalue weighted by atomic mass is 10.1. The van der Waals surface area contributed by atoms with Crippen LogP contribution in [0.25, 0.3) is 0 Å². The molecule has 1 N–H and O–H groups in total. The van der Waals surface area contributed by atoms with Crippen molar-refractivity contribution >= 4 is 29.1 Å². The van der Waals surface area contributed by atoms with Crippen LogP contribution in [0, 0.1) is 0 Å². The molecule has 2 aliphatic rings. The van der Waals surface area contributed by atoms with Gasteiger partial charge in [0, 0.05) is 36.3 Å². The molecule has 0 saturated carbocycles. The molecule has 2 fully saturated rings. The Morgan fingerprint density at radius 1 is 1.29 bits per heavy atom. The Hall–Kier alpha value is -0.970. The molecular formula is C15H18Cl2N2O2. The lowest BCUT2D eigenvalue weighted by Gasteiger charge is -2.24. The summed E-state index contributed by atoms with van der Waals surface area (Å²) >= 11 is 11.9. The van der Waals surface area contributed by atoms with Gasteiger partial charge in [0.2, 0.25) is 0 Å². The van der Waals surface area contributed by atoms with Crippen LogP contribution in [0.15, 0.2) is 18.2 Å². The number of nitrogens with one attached hydrogen (secondary N) is 1. The van der Waals surface area contributed by atoms with E-state index in [1.807, 2.05) is 4.90 Å². The van der Waals surface area contributed by atoms with Gasteiger partial charge in [-0.15, -0.1) is 0 Å². The van der Waals surface area contributed by atoms with E-state index in [2.05, 4.69) is 5.32 Å². The summed E-state index contributed by atoms with van der Waals surface area (Å²) in [5.41, 5.74) is 0. The largest absolute Gasteiger partial charge is 0.482 e. The molecule has 2 bridgehead atoms. The standard InChI is InChI=1S/C15H18Cl2N2O2/c16-10-1-4-13(17)14(7-10)21-9-15(20)19-6-5-11-2-3-12(8-19)18-11/h1,4,7,11-12,18H,2-3,5-6,8-9H2. The van der Waals surface area contributed by atoms with Gasteiger partial charge in [-0.25, -0.2) is 0 Å². The molecule has 114 valence electrons. The Balaban J connectivity index is 1.57. The van der Waals surface area contributed by atoms with E-state index in [0.29, 0.717) is 27.9 Å². The Kier molecular flexibility index (Phi) is 4.57. The molecule has 2 saturated heterocycles. The summed E-state index contributed by atoms with van der Waals surface area (Å²) in [7, 11) is 0. The number of hydrogen-bond donors (Lipinski definition) is 1. The lowest BCUT2D eigenvalue weighted by molar-refractivity contribution is -0.133. The molecule has 2 atom stereocenters. The third kappa shape index (κ3) is 3.62. The zero-order valence-electron chi connectivity index (χ0n) is 11.6. The molecule has 0 aromatic heterocycles. The number of carbonyl (C=O) groups is 1. The monoisotopic (exact) mass is 328 g/mol. The van der Waals surface area contributed by atoms with E-state index in [-0.39, 0.29) is 12.5 Å². The average Bonchev–Trinajstić information content (AvgIpc) is 2.79. The number of carbonyl (C=O) groups excluding carboxylic acids is 1. The zero-order valence-corrected chi connectivity index (χ0v) is 13.2. The second-order valence-electron chi connectivity index (χ2n) is 5.63. The fourth-order valence-corrected chi connectivity index (χ4v) is 3.32. The molecule has 21 heavy (non-hydrogen) atoms. The highest BCUT2D eigenvalue weighted by Crippen LogP contribution is 2.28. The van der Waals surface area contributed by atoms with Crippen molar-refractivity contribution in [3.63, 3.8) is 0 Å². The van der Waals surface area contributed by atoms with Crippen molar-refractivity contribution in [1.82, 2.24) is 10.2 Å². The Morgan fingerprint density at radius 2 is 2.10 bits per heavy atom. The summed E-state index contributed by atoms with van der Waals surface area (Å²) < 4.78 is 5.53. The van der Waals surface area contributed by atoms with Crippen LogP contribution in [0.1, 0.15) is 19.3 Å². The number of ether oxygens (including phenoxy) is 1. The van der Waals surface area contributed by atoms with Crippen molar-refractivity contribution in [2.75, 3.05) is 19.7 Å². The summed E-state index contributed by atoms with van der Waals surface area (Å²) in [6.07, 6.45) is 3.39. The molecule has 1 aromatic carbocycles. The first-order valence-corrected chi connectivity index (χ1v) is 7.99. The number of benzene rings is 1. The highest BCUT2D eigenvalue weighted by atomic mass is 35.5. The number of rotatable bonds is 3. The molecule has 2 heterocycles. The van der Waals surface area contributed by atoms with Crippen LogP contribution in [0.2, 0.25) is 10.0 Å². The molecule has 0 radical (unpaired) electrons. The SMILES string of the molecule is O=C(COc1cc(Cl)ccc1Cl)N1CCC2CCC(C1)N2. The molecular weight excluding hydrogens is 311 g/mol. The van der Waals surface area contributed by atoms with Crippen molar-refractivity contribution in [1.29, 1.82) is 0 Å². The van der Waals surface area contributed by atoms with Gasteiger partial charge in [-0.05, 0) is 31.4 Å². The van der Waals surface area contributed by atoms with E-state index in [4.69, 9.17) is 27.9 Å². The van der Waals surface area contributed by atoms with Gasteiger partial charge in [0.15, 0.2) is 6.61 Å². The molecule has 1 aromatic rings. The van der Waals surface area contributed by atoms with Gasteiger partial charge < -0.3 is 15.0 Å². The minimum atomic E-state index is -0.00253. The molecule has 2 unspecified atom stereocenters. The maximum Gasteiger partial charge on any atom is 0.260 e. The summed E-state index contributed by atoms with van der Waals surface area (Å²) in [6, 6.07) is 5.98. The highest BCUT2D eigenvalue weighted by molar-refractivity contribution is 6.34. The van der Waals surface area contributed by atoms with Gasteiger partial charge in [-0.1, -0.05) is 23.2 Å². The highest BCUT2D eigenvalue weighted by Gasteiger charge is 2.31. The quantitative estimate of drug-likeness (QED) is 0.927. The summed E-state index contributed by atoms with van der Waals surface area (Å²) in [4.78, 5) is 14.2. The summed E-state index contributed by atoms with van der Waals surface area (Å²) in [5, 5.41) is 4.56. The minimum absolute atomic E-state index is 0.000363. The van der Waals surface area contributed by atoms with Crippen molar-refractivity contribution in [2.45, 2.75) is 31.3 Å². The number of fused-ring (bicyclic) bond motifs is 2. The van der Waals surface area contributed by atoms with Crippen LogP contribution in [-0.2, 0) is 4.79 Å². The van der Waals surface area contributed by atoms with Crippen LogP contribution >= 0.6 is 23.2 Å². The predicted molar refractivity (Wildman–Crippen MR) is 83.1 cm³/mol. The van der Waals surface area contributed by atoms with Crippen LogP contribution in [-0.4, -0.2) is 42.6 Å². The predicted octanol–water partition coefficient (Wildman–Crippen LogP) is 2.73. The van der Waals surface area contributed by atoms with Crippen molar-refractivity contribution in [3.8, 4) is 5.75 Å². The smallest absolute Gasteiger partial charge is 0.260 e. The fourth-order valence-electron chi connectivity index (χ4n) is 2.99. The van der Waals surface area contributed by atoms with Crippen LogP contribution in [0.3, 0.4) is 0 Å². The fraction of sp³-hybridized carbons (Fsp3) is 0.533. The zero-order chi connectivity index (χ0) is 14.8. The Bertz CT molecular complexity index is 538. The van der Waals surface area contributed by atoms with Gasteiger partial charge in [-0.2, -0.15) is 0 Å². The van der Waals surface area contributed by atoms with Gasteiger partial charge in [-0.3, -0.25) is 4.79 Å². The molecule has 2 aliphatic heterocycles. The first-order valence-electron chi connectivity index (χ1n) is 7.23. The van der Waals surface area contributed by atoms with Gasteiger partial charge >= 0.3 is 0 Å². The van der Waals surface area contributed by atoms with E-state index in [1.54, 1.807) is 18.2 Å². The number of halogens is 2. The van der Waals surface area contributed by atoms with Crippen molar-refractivity contribution < 1.29 is 9.53 Å². The maximum atomic E-state index is 12.3. The molecule has 0 spiro atoms. The van der Waals surface area contributed by atoms with Crippen molar-refractivity contribution in [3.05, 3.63) is 28.2 Å². The third-order valence-electron chi connectivity index (χ3n) is 4.12. The van der Waals surface area contributed by atoms with Gasteiger partial charge in [0.05, 0.1) is 5.02 Å². The topological polar surface area (TPSA) is 41.6 Å². The third-order valence-corrected chi connectivity index (χ3v) is 4.67.